The van der Waals surface area contributed by atoms with Gasteiger partial charge in [0, 0.05) is 23.7 Å². The molecule has 2 amide bonds. The number of hydrogen-bond donors (Lipinski definition) is 1. The Kier molecular flexibility index (Phi) is 6.70. The van der Waals surface area contributed by atoms with Gasteiger partial charge in [0.05, 0.1) is 16.8 Å². The van der Waals surface area contributed by atoms with Crippen molar-refractivity contribution < 1.29 is 9.59 Å². The number of likely N-dealkylation sites (N-methyl/N-ethyl adjacent to an activating group) is 1. The van der Waals surface area contributed by atoms with E-state index in [1.807, 2.05) is 107 Å². The molecule has 35 heavy (non-hydrogen) atoms. The fourth-order valence-electron chi connectivity index (χ4n) is 4.32. The molecule has 1 N–H and O–H groups in total. The Morgan fingerprint density at radius 3 is 2.20 bits per heavy atom. The quantitative estimate of drug-likeness (QED) is 0.358. The summed E-state index contributed by atoms with van der Waals surface area (Å²) in [7, 11) is 1.70. The Bertz CT molecular complexity index is 1380. The van der Waals surface area contributed by atoms with E-state index in [0.29, 0.717) is 12.0 Å². The van der Waals surface area contributed by atoms with Crippen LogP contribution in [0.3, 0.4) is 0 Å². The summed E-state index contributed by atoms with van der Waals surface area (Å²) in [5.41, 5.74) is 4.62. The van der Waals surface area contributed by atoms with Gasteiger partial charge in [-0.3, -0.25) is 9.59 Å². The van der Waals surface area contributed by atoms with Crippen LogP contribution in [0.4, 0.5) is 5.69 Å². The first-order chi connectivity index (χ1) is 16.8. The molecule has 1 atom stereocenters. The number of amides is 2. The highest BCUT2D eigenvalue weighted by molar-refractivity contribution is 6.10. The Morgan fingerprint density at radius 1 is 0.914 bits per heavy atom. The molecular weight excluding hydrogens is 434 g/mol. The summed E-state index contributed by atoms with van der Waals surface area (Å²) in [6.07, 6.45) is 0.459. The van der Waals surface area contributed by atoms with Crippen LogP contribution in [0.15, 0.2) is 78.9 Å². The molecule has 3 aromatic carbocycles. The lowest BCUT2D eigenvalue weighted by Gasteiger charge is -2.37. The molecule has 0 aliphatic carbocycles. The highest BCUT2D eigenvalue weighted by Gasteiger charge is 2.39. The van der Waals surface area contributed by atoms with Gasteiger partial charge in [-0.05, 0) is 50.5 Å². The number of nitrogens with zero attached hydrogens (tertiary/aromatic N) is 2. The number of carbonyl (C=O) groups excluding carboxylic acids is 2. The van der Waals surface area contributed by atoms with Crippen LogP contribution in [0, 0.1) is 13.8 Å². The largest absolute Gasteiger partial charge is 0.327 e. The van der Waals surface area contributed by atoms with E-state index in [1.165, 1.54) is 0 Å². The average Bonchev–Trinajstić information content (AvgIpc) is 2.89. The van der Waals surface area contributed by atoms with Crippen molar-refractivity contribution in [3.8, 4) is 11.3 Å². The SMILES string of the molecule is CC[C@@](C)(C(=O)Nc1c(C)cccc1C)N(C)C(=O)c1cc(-c2ccccc2)nc2ccccc12. The first-order valence-electron chi connectivity index (χ1n) is 11.9. The molecule has 5 heteroatoms. The second-order valence-corrected chi connectivity index (χ2v) is 9.15. The second kappa shape index (κ2) is 9.71. The van der Waals surface area contributed by atoms with Gasteiger partial charge >= 0.3 is 0 Å². The van der Waals surface area contributed by atoms with Gasteiger partial charge in [-0.2, -0.15) is 0 Å². The van der Waals surface area contributed by atoms with Crippen molar-refractivity contribution in [2.45, 2.75) is 39.7 Å². The average molecular weight is 466 g/mol. The van der Waals surface area contributed by atoms with Gasteiger partial charge in [0.1, 0.15) is 5.54 Å². The van der Waals surface area contributed by atoms with Gasteiger partial charge in [0.15, 0.2) is 0 Å². The third kappa shape index (κ3) is 4.54. The number of hydrogen-bond acceptors (Lipinski definition) is 3. The first kappa shape index (κ1) is 24.1. The maximum Gasteiger partial charge on any atom is 0.255 e. The molecule has 0 saturated heterocycles. The summed E-state index contributed by atoms with van der Waals surface area (Å²) >= 11 is 0. The molecule has 0 aliphatic heterocycles. The van der Waals surface area contributed by atoms with Gasteiger partial charge in [-0.1, -0.05) is 73.7 Å². The van der Waals surface area contributed by atoms with Crippen LogP contribution < -0.4 is 5.32 Å². The van der Waals surface area contributed by atoms with Gasteiger partial charge in [-0.15, -0.1) is 0 Å². The first-order valence-corrected chi connectivity index (χ1v) is 11.9. The Morgan fingerprint density at radius 2 is 1.54 bits per heavy atom. The van der Waals surface area contributed by atoms with Crippen LogP contribution in [-0.4, -0.2) is 34.3 Å². The number of fused-ring (bicyclic) bond motifs is 1. The van der Waals surface area contributed by atoms with Crippen LogP contribution in [0.5, 0.6) is 0 Å². The van der Waals surface area contributed by atoms with E-state index in [4.69, 9.17) is 4.98 Å². The topological polar surface area (TPSA) is 62.3 Å². The molecule has 0 fully saturated rings. The van der Waals surface area contributed by atoms with Crippen molar-refractivity contribution in [1.29, 1.82) is 0 Å². The third-order valence-corrected chi connectivity index (χ3v) is 6.96. The molecule has 0 spiro atoms. The van der Waals surface area contributed by atoms with E-state index in [-0.39, 0.29) is 11.8 Å². The van der Waals surface area contributed by atoms with Crippen LogP contribution in [-0.2, 0) is 4.79 Å². The number of nitrogens with one attached hydrogen (secondary N) is 1. The zero-order valence-electron chi connectivity index (χ0n) is 20.9. The summed E-state index contributed by atoms with van der Waals surface area (Å²) in [6.45, 7) is 7.67. The molecule has 0 radical (unpaired) electrons. The van der Waals surface area contributed by atoms with Crippen molar-refractivity contribution >= 4 is 28.4 Å². The predicted octanol–water partition coefficient (Wildman–Crippen LogP) is 6.40. The molecule has 5 nitrogen and oxygen atoms in total. The minimum absolute atomic E-state index is 0.213. The molecule has 178 valence electrons. The minimum Gasteiger partial charge on any atom is -0.327 e. The second-order valence-electron chi connectivity index (χ2n) is 9.15. The van der Waals surface area contributed by atoms with Crippen LogP contribution in [0.25, 0.3) is 22.2 Å². The van der Waals surface area contributed by atoms with Crippen molar-refractivity contribution in [3.05, 3.63) is 95.6 Å². The van der Waals surface area contributed by atoms with E-state index in [1.54, 1.807) is 11.9 Å². The zero-order valence-corrected chi connectivity index (χ0v) is 20.9. The highest BCUT2D eigenvalue weighted by Crippen LogP contribution is 2.30. The number of pyridine rings is 1. The Labute approximate surface area is 206 Å². The van der Waals surface area contributed by atoms with E-state index in [0.717, 1.165) is 39.0 Å². The van der Waals surface area contributed by atoms with Crippen LogP contribution in [0.2, 0.25) is 0 Å². The number of anilines is 1. The fourth-order valence-corrected chi connectivity index (χ4v) is 4.32. The van der Waals surface area contributed by atoms with Gasteiger partial charge in [-0.25, -0.2) is 4.98 Å². The van der Waals surface area contributed by atoms with Gasteiger partial charge < -0.3 is 10.2 Å². The van der Waals surface area contributed by atoms with Crippen LogP contribution in [0.1, 0.15) is 41.8 Å². The van der Waals surface area contributed by atoms with Gasteiger partial charge in [0.25, 0.3) is 5.91 Å². The lowest BCUT2D eigenvalue weighted by molar-refractivity contribution is -0.125. The monoisotopic (exact) mass is 465 g/mol. The van der Waals surface area contributed by atoms with Crippen molar-refractivity contribution in [3.63, 3.8) is 0 Å². The minimum atomic E-state index is -1.05. The number of rotatable bonds is 6. The number of aryl methyl sites for hydroxylation is 2. The number of para-hydroxylation sites is 2. The van der Waals surface area contributed by atoms with Crippen LogP contribution >= 0.6 is 0 Å². The lowest BCUT2D eigenvalue weighted by Crippen LogP contribution is -2.55. The summed E-state index contributed by atoms with van der Waals surface area (Å²) in [5.74, 6) is -0.434. The standard InChI is InChI=1S/C30H31N3O2/c1-6-30(4,29(35)32-27-20(2)13-12-14-21(27)3)33(5)28(34)24-19-26(22-15-8-7-9-16-22)31-25-18-11-10-17-23(24)25/h7-19H,6H2,1-5H3,(H,32,35)/t30-/m0/s1. The highest BCUT2D eigenvalue weighted by atomic mass is 16.2. The summed E-state index contributed by atoms with van der Waals surface area (Å²) in [6, 6.07) is 25.2. The lowest BCUT2D eigenvalue weighted by atomic mass is 9.93. The molecule has 4 aromatic rings. The molecule has 0 unspecified atom stereocenters. The summed E-state index contributed by atoms with van der Waals surface area (Å²) in [4.78, 5) is 33.9. The fraction of sp³-hybridized carbons (Fsp3) is 0.233. The zero-order chi connectivity index (χ0) is 25.2. The van der Waals surface area contributed by atoms with Gasteiger partial charge in [0.2, 0.25) is 5.91 Å². The molecule has 0 aliphatic rings. The number of carbonyl (C=O) groups is 2. The Hall–Kier alpha value is -3.99. The normalized spacial score (nSPS) is 12.7. The van der Waals surface area contributed by atoms with E-state index in [2.05, 4.69) is 5.32 Å². The van der Waals surface area contributed by atoms with E-state index in [9.17, 15) is 9.59 Å². The Balaban J connectivity index is 1.74. The number of benzene rings is 3. The predicted molar refractivity (Wildman–Crippen MR) is 143 cm³/mol. The molecule has 0 bridgehead atoms. The summed E-state index contributed by atoms with van der Waals surface area (Å²) < 4.78 is 0. The molecule has 1 aromatic heterocycles. The summed E-state index contributed by atoms with van der Waals surface area (Å²) in [5, 5.41) is 3.85. The van der Waals surface area contributed by atoms with Crippen molar-refractivity contribution in [1.82, 2.24) is 9.88 Å². The maximum absolute atomic E-state index is 14.0. The van der Waals surface area contributed by atoms with E-state index >= 15 is 0 Å². The molecule has 0 saturated carbocycles. The van der Waals surface area contributed by atoms with Crippen molar-refractivity contribution in [2.75, 3.05) is 12.4 Å². The maximum atomic E-state index is 14.0. The van der Waals surface area contributed by atoms with Crippen molar-refractivity contribution in [2.24, 2.45) is 0 Å². The smallest absolute Gasteiger partial charge is 0.255 e. The third-order valence-electron chi connectivity index (χ3n) is 6.96. The number of aromatic nitrogens is 1. The molecular formula is C30H31N3O2. The molecule has 1 heterocycles. The molecule has 4 rings (SSSR count). The van der Waals surface area contributed by atoms with E-state index < -0.39 is 5.54 Å².